The van der Waals surface area contributed by atoms with E-state index >= 15 is 0 Å². The van der Waals surface area contributed by atoms with Crippen molar-refractivity contribution in [3.63, 3.8) is 0 Å². The number of ether oxygens (including phenoxy) is 1. The second kappa shape index (κ2) is 14.0. The van der Waals surface area contributed by atoms with Crippen LogP contribution in [0.3, 0.4) is 0 Å². The summed E-state index contributed by atoms with van der Waals surface area (Å²) in [6.07, 6.45) is 0.431. The van der Waals surface area contributed by atoms with Crippen molar-refractivity contribution in [3.05, 3.63) is 57.0 Å². The van der Waals surface area contributed by atoms with E-state index in [0.717, 1.165) is 5.56 Å². The quantitative estimate of drug-likeness (QED) is 0.209. The molecule has 0 aliphatic carbocycles. The Kier molecular flexibility index (Phi) is 11.4. The highest BCUT2D eigenvalue weighted by Crippen LogP contribution is 2.27. The molecule has 2 aromatic rings. The van der Waals surface area contributed by atoms with Crippen LogP contribution in [0.4, 0.5) is 5.69 Å². The summed E-state index contributed by atoms with van der Waals surface area (Å²) in [7, 11) is 0. The minimum absolute atomic E-state index is 0.0454. The molecule has 12 heteroatoms. The van der Waals surface area contributed by atoms with Crippen LogP contribution >= 0.6 is 47.0 Å². The fraction of sp³-hybridized carbons (Fsp3) is 0.273. The van der Waals surface area contributed by atoms with E-state index in [-0.39, 0.29) is 42.8 Å². The molecular weight excluding hydrogens is 523 g/mol. The van der Waals surface area contributed by atoms with Crippen molar-refractivity contribution in [2.45, 2.75) is 32.6 Å². The normalized spacial score (nSPS) is 10.2. The van der Waals surface area contributed by atoms with Gasteiger partial charge in [0.05, 0.1) is 11.6 Å². The molecule has 0 saturated heterocycles. The Morgan fingerprint density at radius 1 is 0.912 bits per heavy atom. The van der Waals surface area contributed by atoms with Crippen LogP contribution in [-0.4, -0.2) is 29.4 Å². The molecule has 0 aliphatic heterocycles. The van der Waals surface area contributed by atoms with Gasteiger partial charge in [0.1, 0.15) is 5.75 Å². The van der Waals surface area contributed by atoms with Crippen LogP contribution in [0.2, 0.25) is 15.1 Å². The molecule has 0 fully saturated rings. The van der Waals surface area contributed by atoms with Crippen molar-refractivity contribution < 1.29 is 19.1 Å². The first-order valence-electron chi connectivity index (χ1n) is 10.2. The fourth-order valence-corrected chi connectivity index (χ4v) is 3.40. The monoisotopic (exact) mass is 544 g/mol. The number of halogens is 3. The first kappa shape index (κ1) is 27.7. The Labute approximate surface area is 217 Å². The number of benzene rings is 2. The van der Waals surface area contributed by atoms with Crippen LogP contribution in [0.25, 0.3) is 0 Å². The van der Waals surface area contributed by atoms with Crippen LogP contribution in [-0.2, 0) is 14.4 Å². The van der Waals surface area contributed by atoms with Crippen LogP contribution in [0, 0.1) is 6.92 Å². The summed E-state index contributed by atoms with van der Waals surface area (Å²) >= 11 is 22.8. The van der Waals surface area contributed by atoms with Crippen molar-refractivity contribution in [1.29, 1.82) is 0 Å². The zero-order chi connectivity index (χ0) is 25.1. The smallest absolute Gasteiger partial charge is 0.238 e. The van der Waals surface area contributed by atoms with Crippen molar-refractivity contribution >= 4 is 75.5 Å². The van der Waals surface area contributed by atoms with Gasteiger partial charge in [-0.25, -0.2) is 0 Å². The molecule has 182 valence electrons. The summed E-state index contributed by atoms with van der Waals surface area (Å²) in [6.45, 7) is 2.05. The van der Waals surface area contributed by atoms with Gasteiger partial charge in [-0.15, -0.1) is 0 Å². The maximum atomic E-state index is 12.1. The molecule has 0 spiro atoms. The summed E-state index contributed by atoms with van der Waals surface area (Å²) in [5.74, 6) is -0.683. The number of hydrogen-bond acceptors (Lipinski definition) is 5. The topological polar surface area (TPSA) is 109 Å². The van der Waals surface area contributed by atoms with Crippen LogP contribution in [0.1, 0.15) is 31.2 Å². The Morgan fingerprint density at radius 2 is 1.65 bits per heavy atom. The molecule has 3 amide bonds. The number of anilines is 1. The first-order valence-corrected chi connectivity index (χ1v) is 11.7. The minimum atomic E-state index is -0.470. The van der Waals surface area contributed by atoms with Gasteiger partial charge in [0, 0.05) is 35.0 Å². The zero-order valence-electron chi connectivity index (χ0n) is 18.2. The van der Waals surface area contributed by atoms with E-state index in [1.54, 1.807) is 43.3 Å². The van der Waals surface area contributed by atoms with Gasteiger partial charge in [-0.3, -0.25) is 25.2 Å². The predicted molar refractivity (Wildman–Crippen MR) is 137 cm³/mol. The number of carbonyl (C=O) groups is 3. The lowest BCUT2D eigenvalue weighted by atomic mass is 10.2. The average molecular weight is 546 g/mol. The highest BCUT2D eigenvalue weighted by molar-refractivity contribution is 7.80. The van der Waals surface area contributed by atoms with E-state index in [9.17, 15) is 14.4 Å². The highest BCUT2D eigenvalue weighted by atomic mass is 35.5. The number of hydrogen-bond donors (Lipinski definition) is 4. The molecule has 2 aromatic carbocycles. The van der Waals surface area contributed by atoms with E-state index in [1.165, 1.54) is 0 Å². The van der Waals surface area contributed by atoms with Gasteiger partial charge in [0.15, 0.2) is 5.11 Å². The van der Waals surface area contributed by atoms with E-state index in [2.05, 4.69) is 21.5 Å². The predicted octanol–water partition coefficient (Wildman–Crippen LogP) is 4.56. The number of hydrazine groups is 1. The summed E-state index contributed by atoms with van der Waals surface area (Å²) < 4.78 is 5.51. The Hall–Kier alpha value is -2.59. The van der Waals surface area contributed by atoms with Gasteiger partial charge in [0.25, 0.3) is 0 Å². The van der Waals surface area contributed by atoms with Gasteiger partial charge in [-0.2, -0.15) is 0 Å². The van der Waals surface area contributed by atoms with E-state index in [0.29, 0.717) is 32.9 Å². The Bertz CT molecular complexity index is 1070. The van der Waals surface area contributed by atoms with E-state index < -0.39 is 5.91 Å². The molecule has 34 heavy (non-hydrogen) atoms. The summed E-state index contributed by atoms with van der Waals surface area (Å²) in [6, 6.07) is 10.0. The molecule has 0 bridgehead atoms. The third kappa shape index (κ3) is 9.72. The Morgan fingerprint density at radius 3 is 2.38 bits per heavy atom. The molecule has 0 atom stereocenters. The fourth-order valence-electron chi connectivity index (χ4n) is 2.60. The van der Waals surface area contributed by atoms with Gasteiger partial charge in [-0.1, -0.05) is 40.9 Å². The molecule has 0 unspecified atom stereocenters. The molecule has 0 aromatic heterocycles. The van der Waals surface area contributed by atoms with Crippen LogP contribution in [0.15, 0.2) is 36.4 Å². The maximum absolute atomic E-state index is 12.1. The standard InChI is InChI=1S/C22H23Cl3N4O4S/c1-13-15(24)4-2-5-17(13)26-20(31)9-10-21(32)28-29-22(34)27-19(30)6-3-11-33-18-8-7-14(23)12-16(18)25/h2,4-5,7-8,12H,3,6,9-11H2,1H3,(H,26,31)(H,28,32)(H2,27,29,30,34). The van der Waals surface area contributed by atoms with Crippen molar-refractivity contribution in [2.75, 3.05) is 11.9 Å². The van der Waals surface area contributed by atoms with Crippen molar-refractivity contribution in [2.24, 2.45) is 0 Å². The molecule has 0 aliphatic rings. The van der Waals surface area contributed by atoms with Crippen LogP contribution < -0.4 is 26.2 Å². The van der Waals surface area contributed by atoms with Gasteiger partial charge in [-0.05, 0) is 61.5 Å². The third-order valence-electron chi connectivity index (χ3n) is 4.39. The second-order valence-corrected chi connectivity index (χ2v) is 8.70. The summed E-state index contributed by atoms with van der Waals surface area (Å²) in [5, 5.41) is 6.50. The van der Waals surface area contributed by atoms with E-state index in [4.69, 9.17) is 51.8 Å². The lowest BCUT2D eigenvalue weighted by Crippen LogP contribution is -2.48. The summed E-state index contributed by atoms with van der Waals surface area (Å²) in [5.41, 5.74) is 6.08. The first-order chi connectivity index (χ1) is 16.2. The van der Waals surface area contributed by atoms with Gasteiger partial charge >= 0.3 is 0 Å². The number of rotatable bonds is 9. The molecule has 0 heterocycles. The lowest BCUT2D eigenvalue weighted by molar-refractivity contribution is -0.124. The number of amides is 3. The molecule has 8 nitrogen and oxygen atoms in total. The maximum Gasteiger partial charge on any atom is 0.238 e. The van der Waals surface area contributed by atoms with Crippen LogP contribution in [0.5, 0.6) is 5.75 Å². The van der Waals surface area contributed by atoms with Gasteiger partial charge < -0.3 is 15.4 Å². The highest BCUT2D eigenvalue weighted by Gasteiger charge is 2.11. The lowest BCUT2D eigenvalue weighted by Gasteiger charge is -2.12. The molecular formula is C22H23Cl3N4O4S. The minimum Gasteiger partial charge on any atom is -0.492 e. The largest absolute Gasteiger partial charge is 0.492 e. The van der Waals surface area contributed by atoms with Crippen molar-refractivity contribution in [3.8, 4) is 5.75 Å². The molecule has 2 rings (SSSR count). The SMILES string of the molecule is Cc1c(Cl)cccc1NC(=O)CCC(=O)NNC(=S)NC(=O)CCCOc1ccc(Cl)cc1Cl. The second-order valence-electron chi connectivity index (χ2n) is 7.04. The Balaban J connectivity index is 1.59. The van der Waals surface area contributed by atoms with Gasteiger partial charge in [0.2, 0.25) is 17.7 Å². The number of carbonyl (C=O) groups excluding carboxylic acids is 3. The van der Waals surface area contributed by atoms with Crippen molar-refractivity contribution in [1.82, 2.24) is 16.2 Å². The number of thiocarbonyl (C=S) groups is 1. The average Bonchev–Trinajstić information content (AvgIpc) is 2.78. The van der Waals surface area contributed by atoms with E-state index in [1.807, 2.05) is 0 Å². The molecule has 0 radical (unpaired) electrons. The third-order valence-corrected chi connectivity index (χ3v) is 5.53. The molecule has 4 N–H and O–H groups in total. The number of nitrogens with one attached hydrogen (secondary N) is 4. The summed E-state index contributed by atoms with van der Waals surface area (Å²) in [4.78, 5) is 35.9. The molecule has 0 saturated carbocycles. The zero-order valence-corrected chi connectivity index (χ0v) is 21.3.